The van der Waals surface area contributed by atoms with Gasteiger partial charge in [0.15, 0.2) is 23.0 Å². The van der Waals surface area contributed by atoms with Gasteiger partial charge in [-0.1, -0.05) is 25.0 Å². The summed E-state index contributed by atoms with van der Waals surface area (Å²) in [5.41, 5.74) is 3.53. The molecule has 39 heavy (non-hydrogen) atoms. The Labute approximate surface area is 228 Å². The minimum atomic E-state index is -1.03. The highest BCUT2D eigenvalue weighted by Crippen LogP contribution is 2.37. The number of nitrogens with one attached hydrogen (secondary N) is 1. The molecule has 3 aromatic carbocycles. The van der Waals surface area contributed by atoms with Crippen LogP contribution in [0.2, 0.25) is 0 Å². The lowest BCUT2D eigenvalue weighted by atomic mass is 9.99. The van der Waals surface area contributed by atoms with E-state index in [9.17, 15) is 14.7 Å². The van der Waals surface area contributed by atoms with Crippen LogP contribution in [0, 0.1) is 13.8 Å². The number of hydrogen-bond donors (Lipinski definition) is 2. The standard InChI is InChI=1S/C31H34N2O6/c1-19-8-11-24(16-20(19)2)33(31(36)22-10-13-26-28(18-22)39-15-14-38-26)29(30(35)32-23-6-4-5-7-23)21-9-12-25(34)27(17-21)37-3/h8-13,16-18,23,29,34H,4-7,14-15H2,1-3H3,(H,32,35)/t29-/m1/s1. The molecule has 8 heteroatoms. The van der Waals surface area contributed by atoms with Gasteiger partial charge in [-0.15, -0.1) is 0 Å². The third kappa shape index (κ3) is 5.50. The molecule has 1 heterocycles. The maximum atomic E-state index is 14.4. The van der Waals surface area contributed by atoms with Crippen LogP contribution in [0.15, 0.2) is 54.6 Å². The van der Waals surface area contributed by atoms with E-state index in [1.165, 1.54) is 18.1 Å². The molecular formula is C31H34N2O6. The first-order chi connectivity index (χ1) is 18.9. The van der Waals surface area contributed by atoms with Gasteiger partial charge < -0.3 is 24.6 Å². The Kier molecular flexibility index (Phi) is 7.63. The molecule has 1 aliphatic carbocycles. The van der Waals surface area contributed by atoms with E-state index in [0.29, 0.717) is 41.5 Å². The van der Waals surface area contributed by atoms with Crippen LogP contribution in [0.1, 0.15) is 58.8 Å². The third-order valence-electron chi connectivity index (χ3n) is 7.50. The van der Waals surface area contributed by atoms with Crippen LogP contribution < -0.4 is 24.4 Å². The lowest BCUT2D eigenvalue weighted by Gasteiger charge is -2.33. The molecule has 0 bridgehead atoms. The zero-order valence-corrected chi connectivity index (χ0v) is 22.5. The van der Waals surface area contributed by atoms with Gasteiger partial charge in [-0.25, -0.2) is 0 Å². The van der Waals surface area contributed by atoms with Crippen molar-refractivity contribution in [2.75, 3.05) is 25.2 Å². The highest BCUT2D eigenvalue weighted by Gasteiger charge is 2.36. The van der Waals surface area contributed by atoms with Crippen molar-refractivity contribution < 1.29 is 28.9 Å². The number of rotatable bonds is 7. The number of amides is 2. The number of hydrogen-bond acceptors (Lipinski definition) is 6. The van der Waals surface area contributed by atoms with E-state index in [2.05, 4.69) is 5.32 Å². The van der Waals surface area contributed by atoms with E-state index in [-0.39, 0.29) is 29.4 Å². The molecule has 2 amide bonds. The number of ether oxygens (including phenoxy) is 3. The van der Waals surface area contributed by atoms with E-state index < -0.39 is 6.04 Å². The summed E-state index contributed by atoms with van der Waals surface area (Å²) in [6, 6.07) is 14.5. The normalized spacial score (nSPS) is 15.5. The van der Waals surface area contributed by atoms with Crippen molar-refractivity contribution in [3.8, 4) is 23.0 Å². The fourth-order valence-electron chi connectivity index (χ4n) is 5.21. The second-order valence-electron chi connectivity index (χ2n) is 10.1. The molecule has 8 nitrogen and oxygen atoms in total. The SMILES string of the molecule is COc1cc([C@H](C(=O)NC2CCCC2)N(C(=O)c2ccc3c(c2)OCCO3)c2ccc(C)c(C)c2)ccc1O. The minimum Gasteiger partial charge on any atom is -0.504 e. The molecule has 2 N–H and O–H groups in total. The van der Waals surface area contributed by atoms with Crippen molar-refractivity contribution in [2.45, 2.75) is 51.6 Å². The topological polar surface area (TPSA) is 97.3 Å². The van der Waals surface area contributed by atoms with E-state index in [1.807, 2.05) is 32.0 Å². The average Bonchev–Trinajstić information content (AvgIpc) is 3.46. The number of anilines is 1. The molecule has 5 rings (SSSR count). The number of methoxy groups -OCH3 is 1. The van der Waals surface area contributed by atoms with Gasteiger partial charge in [-0.05, 0) is 85.8 Å². The molecule has 1 saturated carbocycles. The Morgan fingerprint density at radius 2 is 1.69 bits per heavy atom. The monoisotopic (exact) mass is 530 g/mol. The van der Waals surface area contributed by atoms with Crippen molar-refractivity contribution in [2.24, 2.45) is 0 Å². The summed E-state index contributed by atoms with van der Waals surface area (Å²) < 4.78 is 16.7. The van der Waals surface area contributed by atoms with Gasteiger partial charge in [0.1, 0.15) is 19.3 Å². The van der Waals surface area contributed by atoms with Gasteiger partial charge in [-0.2, -0.15) is 0 Å². The zero-order valence-electron chi connectivity index (χ0n) is 22.5. The van der Waals surface area contributed by atoms with Gasteiger partial charge in [0.2, 0.25) is 5.91 Å². The van der Waals surface area contributed by atoms with Gasteiger partial charge in [0.05, 0.1) is 7.11 Å². The Morgan fingerprint density at radius 3 is 2.41 bits per heavy atom. The average molecular weight is 531 g/mol. The van der Waals surface area contributed by atoms with E-state index in [1.54, 1.807) is 30.3 Å². The summed E-state index contributed by atoms with van der Waals surface area (Å²) in [5, 5.41) is 13.5. The maximum Gasteiger partial charge on any atom is 0.259 e. The van der Waals surface area contributed by atoms with Crippen molar-refractivity contribution in [1.82, 2.24) is 5.32 Å². The van der Waals surface area contributed by atoms with E-state index in [0.717, 1.165) is 36.8 Å². The number of fused-ring (bicyclic) bond motifs is 1. The van der Waals surface area contributed by atoms with Crippen molar-refractivity contribution in [1.29, 1.82) is 0 Å². The van der Waals surface area contributed by atoms with Crippen LogP contribution in [0.25, 0.3) is 0 Å². The first-order valence-electron chi connectivity index (χ1n) is 13.3. The smallest absolute Gasteiger partial charge is 0.259 e. The summed E-state index contributed by atoms with van der Waals surface area (Å²) in [7, 11) is 1.45. The van der Waals surface area contributed by atoms with Crippen LogP contribution in [-0.2, 0) is 4.79 Å². The minimum absolute atomic E-state index is 0.0463. The van der Waals surface area contributed by atoms with Crippen LogP contribution >= 0.6 is 0 Å². The van der Waals surface area contributed by atoms with Crippen LogP contribution in [0.3, 0.4) is 0 Å². The second-order valence-corrected chi connectivity index (χ2v) is 10.1. The van der Waals surface area contributed by atoms with Gasteiger partial charge in [0, 0.05) is 17.3 Å². The molecule has 0 saturated heterocycles. The zero-order chi connectivity index (χ0) is 27.5. The number of phenols is 1. The molecule has 0 spiro atoms. The molecule has 0 aromatic heterocycles. The highest BCUT2D eigenvalue weighted by molar-refractivity contribution is 6.10. The number of carbonyl (C=O) groups is 2. The van der Waals surface area contributed by atoms with Gasteiger partial charge in [-0.3, -0.25) is 14.5 Å². The largest absolute Gasteiger partial charge is 0.504 e. The fraction of sp³-hybridized carbons (Fsp3) is 0.355. The maximum absolute atomic E-state index is 14.4. The van der Waals surface area contributed by atoms with Crippen LogP contribution in [0.5, 0.6) is 23.0 Å². The fourth-order valence-corrected chi connectivity index (χ4v) is 5.21. The molecule has 0 radical (unpaired) electrons. The Balaban J connectivity index is 1.65. The lowest BCUT2D eigenvalue weighted by molar-refractivity contribution is -0.123. The highest BCUT2D eigenvalue weighted by atomic mass is 16.6. The van der Waals surface area contributed by atoms with Crippen molar-refractivity contribution >= 4 is 17.5 Å². The quantitative estimate of drug-likeness (QED) is 0.434. The Morgan fingerprint density at radius 1 is 0.949 bits per heavy atom. The molecule has 2 aliphatic rings. The summed E-state index contributed by atoms with van der Waals surface area (Å²) in [6.45, 7) is 4.82. The number of benzene rings is 3. The van der Waals surface area contributed by atoms with Crippen LogP contribution in [-0.4, -0.2) is 43.3 Å². The predicted molar refractivity (Wildman–Crippen MR) is 148 cm³/mol. The number of nitrogens with zero attached hydrogens (tertiary/aromatic N) is 1. The molecule has 1 atom stereocenters. The predicted octanol–water partition coefficient (Wildman–Crippen LogP) is 5.24. The second kappa shape index (κ2) is 11.3. The van der Waals surface area contributed by atoms with E-state index in [4.69, 9.17) is 14.2 Å². The van der Waals surface area contributed by atoms with Gasteiger partial charge in [0.25, 0.3) is 5.91 Å². The summed E-state index contributed by atoms with van der Waals surface area (Å²) in [6.07, 6.45) is 3.91. The molecule has 1 fully saturated rings. The summed E-state index contributed by atoms with van der Waals surface area (Å²) in [4.78, 5) is 30.0. The first-order valence-corrected chi connectivity index (χ1v) is 13.3. The molecule has 3 aromatic rings. The van der Waals surface area contributed by atoms with E-state index >= 15 is 0 Å². The van der Waals surface area contributed by atoms with Crippen LogP contribution in [0.4, 0.5) is 5.69 Å². The lowest BCUT2D eigenvalue weighted by Crippen LogP contribution is -2.46. The number of phenolic OH excluding ortho intramolecular Hbond substituents is 1. The Bertz CT molecular complexity index is 1380. The van der Waals surface area contributed by atoms with Crippen molar-refractivity contribution in [3.05, 3.63) is 76.9 Å². The van der Waals surface area contributed by atoms with Gasteiger partial charge >= 0.3 is 0 Å². The Hall–Kier alpha value is -4.20. The molecule has 0 unspecified atom stereocenters. The summed E-state index contributed by atoms with van der Waals surface area (Å²) >= 11 is 0. The third-order valence-corrected chi connectivity index (χ3v) is 7.50. The molecular weight excluding hydrogens is 496 g/mol. The molecule has 1 aliphatic heterocycles. The first kappa shape index (κ1) is 26.4. The van der Waals surface area contributed by atoms with Crippen molar-refractivity contribution in [3.63, 3.8) is 0 Å². The number of aromatic hydroxyl groups is 1. The molecule has 204 valence electrons. The summed E-state index contributed by atoms with van der Waals surface area (Å²) in [5.74, 6) is 0.581. The number of aryl methyl sites for hydroxylation is 2. The number of carbonyl (C=O) groups excluding carboxylic acids is 2.